The second kappa shape index (κ2) is 9.99. The highest BCUT2D eigenvalue weighted by atomic mass is 19.1. The molecule has 2 heterocycles. The number of hydrogen-bond donors (Lipinski definition) is 1. The zero-order valence-electron chi connectivity index (χ0n) is 20.0. The molecule has 1 amide bonds. The van der Waals surface area contributed by atoms with E-state index in [0.29, 0.717) is 30.2 Å². The average Bonchev–Trinajstić information content (AvgIpc) is 3.20. The molecule has 34 heavy (non-hydrogen) atoms. The van der Waals surface area contributed by atoms with E-state index in [9.17, 15) is 9.18 Å². The Labute approximate surface area is 199 Å². The number of amides is 1. The molecule has 3 aromatic rings. The average molecular weight is 470 g/mol. The third-order valence-electron chi connectivity index (χ3n) is 5.74. The Morgan fingerprint density at radius 2 is 1.85 bits per heavy atom. The number of carbonyl (C=O) groups excluding carboxylic acids is 1. The molecule has 0 saturated carbocycles. The van der Waals surface area contributed by atoms with Crippen molar-refractivity contribution >= 4 is 17.0 Å². The fraction of sp³-hybridized carbons (Fsp3) is 0.440. The molecular formula is C25H32FN5O3. The Kier molecular flexibility index (Phi) is 7.04. The van der Waals surface area contributed by atoms with Crippen LogP contribution in [0.4, 0.5) is 9.18 Å². The Bertz CT molecular complexity index is 1150. The Morgan fingerprint density at radius 1 is 1.09 bits per heavy atom. The van der Waals surface area contributed by atoms with E-state index in [-0.39, 0.29) is 18.5 Å². The van der Waals surface area contributed by atoms with Crippen molar-refractivity contribution < 1.29 is 18.7 Å². The molecule has 8 nitrogen and oxygen atoms in total. The van der Waals surface area contributed by atoms with Crippen LogP contribution in [0.15, 0.2) is 42.6 Å². The maximum Gasteiger partial charge on any atom is 0.410 e. The number of nitrogens with zero attached hydrogens (tertiary/aromatic N) is 4. The summed E-state index contributed by atoms with van der Waals surface area (Å²) < 4.78 is 26.8. The molecule has 1 aliphatic rings. The molecule has 2 N–H and O–H groups in total. The van der Waals surface area contributed by atoms with Crippen molar-refractivity contribution in [3.8, 4) is 11.5 Å². The molecule has 0 bridgehead atoms. The summed E-state index contributed by atoms with van der Waals surface area (Å²) in [6.07, 6.45) is 1.57. The van der Waals surface area contributed by atoms with Gasteiger partial charge in [0.05, 0.1) is 18.3 Å². The van der Waals surface area contributed by atoms with Crippen LogP contribution >= 0.6 is 0 Å². The van der Waals surface area contributed by atoms with Crippen LogP contribution in [-0.2, 0) is 17.8 Å². The Morgan fingerprint density at radius 3 is 2.56 bits per heavy atom. The second-order valence-corrected chi connectivity index (χ2v) is 9.46. The zero-order chi connectivity index (χ0) is 24.3. The topological polar surface area (TPSA) is 85.8 Å². The minimum Gasteiger partial charge on any atom is -0.457 e. The molecule has 1 aromatic heterocycles. The summed E-state index contributed by atoms with van der Waals surface area (Å²) in [5.74, 6) is 0.851. The number of halogens is 1. The van der Waals surface area contributed by atoms with E-state index in [2.05, 4.69) is 10.00 Å². The lowest BCUT2D eigenvalue weighted by molar-refractivity contribution is 0.0142. The third kappa shape index (κ3) is 5.84. The predicted molar refractivity (Wildman–Crippen MR) is 128 cm³/mol. The van der Waals surface area contributed by atoms with Crippen LogP contribution in [0.1, 0.15) is 26.3 Å². The number of hydrogen-bond acceptors (Lipinski definition) is 6. The van der Waals surface area contributed by atoms with Gasteiger partial charge in [-0.1, -0.05) is 0 Å². The van der Waals surface area contributed by atoms with Gasteiger partial charge < -0.3 is 20.1 Å². The standard InChI is InChI=1S/C25H32FN5O3/c1-25(2,3)34-24(32)30-11-8-29(9-12-30)10-13-31-22-6-5-21(15-19(22)17-28-31)33-23-7-4-20(26)14-18(23)16-27/h4-7,14-15,17H,8-13,16,27H2,1-3H3. The lowest BCUT2D eigenvalue weighted by Crippen LogP contribution is -2.50. The van der Waals surface area contributed by atoms with Crippen molar-refractivity contribution in [1.82, 2.24) is 19.6 Å². The molecule has 0 unspecified atom stereocenters. The number of aromatic nitrogens is 2. The van der Waals surface area contributed by atoms with Crippen LogP contribution in [0.2, 0.25) is 0 Å². The quantitative estimate of drug-likeness (QED) is 0.588. The summed E-state index contributed by atoms with van der Waals surface area (Å²) in [5, 5.41) is 5.50. The van der Waals surface area contributed by atoms with Crippen molar-refractivity contribution in [2.24, 2.45) is 5.73 Å². The number of carbonyl (C=O) groups is 1. The molecule has 1 saturated heterocycles. The first-order valence-electron chi connectivity index (χ1n) is 11.5. The van der Waals surface area contributed by atoms with Crippen LogP contribution in [0.5, 0.6) is 11.5 Å². The molecule has 1 aliphatic heterocycles. The number of piperazine rings is 1. The van der Waals surface area contributed by atoms with E-state index in [1.807, 2.05) is 49.8 Å². The minimum atomic E-state index is -0.480. The van der Waals surface area contributed by atoms with E-state index in [1.165, 1.54) is 12.1 Å². The number of nitrogens with two attached hydrogens (primary N) is 1. The highest BCUT2D eigenvalue weighted by Crippen LogP contribution is 2.28. The first-order chi connectivity index (χ1) is 16.2. The maximum atomic E-state index is 13.5. The first kappa shape index (κ1) is 24.0. The molecule has 0 spiro atoms. The summed E-state index contributed by atoms with van der Waals surface area (Å²) in [7, 11) is 0. The smallest absolute Gasteiger partial charge is 0.410 e. The number of benzene rings is 2. The predicted octanol–water partition coefficient (Wildman–Crippen LogP) is 3.98. The van der Waals surface area contributed by atoms with Gasteiger partial charge in [-0.15, -0.1) is 0 Å². The first-order valence-corrected chi connectivity index (χ1v) is 11.5. The summed E-state index contributed by atoms with van der Waals surface area (Å²) in [5.41, 5.74) is 6.86. The SMILES string of the molecule is CC(C)(C)OC(=O)N1CCN(CCn2ncc3cc(Oc4ccc(F)cc4CN)ccc32)CC1. The van der Waals surface area contributed by atoms with Gasteiger partial charge in [0.1, 0.15) is 22.9 Å². The fourth-order valence-corrected chi connectivity index (χ4v) is 3.96. The lowest BCUT2D eigenvalue weighted by atomic mass is 10.2. The van der Waals surface area contributed by atoms with E-state index in [1.54, 1.807) is 11.0 Å². The fourth-order valence-electron chi connectivity index (χ4n) is 3.96. The molecule has 4 rings (SSSR count). The van der Waals surface area contributed by atoms with E-state index < -0.39 is 5.60 Å². The molecule has 0 radical (unpaired) electrons. The van der Waals surface area contributed by atoms with Crippen LogP contribution in [-0.4, -0.2) is 64.0 Å². The second-order valence-electron chi connectivity index (χ2n) is 9.46. The molecule has 2 aromatic carbocycles. The van der Waals surface area contributed by atoms with E-state index in [4.69, 9.17) is 15.2 Å². The molecule has 1 fully saturated rings. The van der Waals surface area contributed by atoms with Crippen LogP contribution in [0, 0.1) is 5.82 Å². The molecular weight excluding hydrogens is 437 g/mol. The Balaban J connectivity index is 1.33. The molecule has 9 heteroatoms. The zero-order valence-corrected chi connectivity index (χ0v) is 20.0. The molecule has 182 valence electrons. The highest BCUT2D eigenvalue weighted by molar-refractivity contribution is 5.80. The van der Waals surface area contributed by atoms with Crippen LogP contribution in [0.25, 0.3) is 10.9 Å². The summed E-state index contributed by atoms with van der Waals surface area (Å²) in [4.78, 5) is 16.3. The van der Waals surface area contributed by atoms with Crippen LogP contribution < -0.4 is 10.5 Å². The lowest BCUT2D eigenvalue weighted by Gasteiger charge is -2.35. The van der Waals surface area contributed by atoms with Gasteiger partial charge in [-0.3, -0.25) is 9.58 Å². The summed E-state index contributed by atoms with van der Waals surface area (Å²) in [6, 6.07) is 10.1. The third-order valence-corrected chi connectivity index (χ3v) is 5.74. The number of rotatable bonds is 6. The molecule has 0 atom stereocenters. The largest absolute Gasteiger partial charge is 0.457 e. The van der Waals surface area contributed by atoms with E-state index in [0.717, 1.165) is 37.1 Å². The normalized spacial score (nSPS) is 15.0. The van der Waals surface area contributed by atoms with Gasteiger partial charge in [-0.25, -0.2) is 9.18 Å². The number of ether oxygens (including phenoxy) is 2. The highest BCUT2D eigenvalue weighted by Gasteiger charge is 2.25. The van der Waals surface area contributed by atoms with Gasteiger partial charge in [0, 0.05) is 50.2 Å². The van der Waals surface area contributed by atoms with Crippen molar-refractivity contribution in [3.05, 3.63) is 54.0 Å². The van der Waals surface area contributed by atoms with Gasteiger partial charge in [0.15, 0.2) is 0 Å². The van der Waals surface area contributed by atoms with Gasteiger partial charge in [-0.05, 0) is 57.2 Å². The summed E-state index contributed by atoms with van der Waals surface area (Å²) >= 11 is 0. The summed E-state index contributed by atoms with van der Waals surface area (Å²) in [6.45, 7) is 10.3. The minimum absolute atomic E-state index is 0.194. The van der Waals surface area contributed by atoms with Gasteiger partial charge >= 0.3 is 6.09 Å². The van der Waals surface area contributed by atoms with Gasteiger partial charge in [-0.2, -0.15) is 5.10 Å². The van der Waals surface area contributed by atoms with Gasteiger partial charge in [0.25, 0.3) is 0 Å². The van der Waals surface area contributed by atoms with Crippen molar-refractivity contribution in [1.29, 1.82) is 0 Å². The Hall–Kier alpha value is -3.17. The van der Waals surface area contributed by atoms with Crippen LogP contribution in [0.3, 0.4) is 0 Å². The monoisotopic (exact) mass is 469 g/mol. The van der Waals surface area contributed by atoms with Crippen molar-refractivity contribution in [2.45, 2.75) is 39.5 Å². The van der Waals surface area contributed by atoms with Crippen molar-refractivity contribution in [3.63, 3.8) is 0 Å². The van der Waals surface area contributed by atoms with Crippen molar-refractivity contribution in [2.75, 3.05) is 32.7 Å². The maximum absolute atomic E-state index is 13.5. The van der Waals surface area contributed by atoms with Gasteiger partial charge in [0.2, 0.25) is 0 Å². The molecule has 0 aliphatic carbocycles. The number of fused-ring (bicyclic) bond motifs is 1. The van der Waals surface area contributed by atoms with E-state index >= 15 is 0 Å².